The highest BCUT2D eigenvalue weighted by Gasteiger charge is 2.49. The van der Waals surface area contributed by atoms with E-state index in [1.165, 1.54) is 42.7 Å². The van der Waals surface area contributed by atoms with E-state index in [1.807, 2.05) is 36.4 Å². The van der Waals surface area contributed by atoms with Gasteiger partial charge in [-0.2, -0.15) is 0 Å². The highest BCUT2D eigenvalue weighted by atomic mass is 16.6. The molecule has 0 spiro atoms. The number of ether oxygens (including phenoxy) is 4. The molecule has 0 unspecified atom stereocenters. The predicted molar refractivity (Wildman–Crippen MR) is 133 cm³/mol. The van der Waals surface area contributed by atoms with Gasteiger partial charge in [-0.1, -0.05) is 11.6 Å². The van der Waals surface area contributed by atoms with E-state index >= 15 is 0 Å². The minimum atomic E-state index is -0.687. The Morgan fingerprint density at radius 3 is 2.06 bits per heavy atom. The molecule has 4 saturated carbocycles. The summed E-state index contributed by atoms with van der Waals surface area (Å²) < 4.78 is 22.2. The van der Waals surface area contributed by atoms with Gasteiger partial charge in [0.2, 0.25) is 0 Å². The van der Waals surface area contributed by atoms with Crippen molar-refractivity contribution in [2.75, 3.05) is 20.3 Å². The lowest BCUT2D eigenvalue weighted by Crippen LogP contribution is -2.53. The van der Waals surface area contributed by atoms with Crippen LogP contribution in [0.25, 0.3) is 0 Å². The zero-order chi connectivity index (χ0) is 25.2. The molecule has 0 radical (unpaired) electrons. The second-order valence-corrected chi connectivity index (χ2v) is 10.2. The van der Waals surface area contributed by atoms with Crippen LogP contribution in [0.15, 0.2) is 47.6 Å². The lowest BCUT2D eigenvalue weighted by Gasteiger charge is -2.53. The first-order valence-electron chi connectivity index (χ1n) is 13.1. The summed E-state index contributed by atoms with van der Waals surface area (Å²) in [6.07, 6.45) is 8.39. The first-order valence-corrected chi connectivity index (χ1v) is 13.1. The number of carbonyl (C=O) groups is 2. The van der Waals surface area contributed by atoms with Gasteiger partial charge in [0, 0.05) is 5.57 Å². The van der Waals surface area contributed by atoms with Crippen molar-refractivity contribution in [3.05, 3.63) is 47.6 Å². The van der Waals surface area contributed by atoms with Crippen LogP contribution >= 0.6 is 0 Å². The molecule has 1 aromatic carbocycles. The average Bonchev–Trinajstić information content (AvgIpc) is 3.25. The molecular formula is C28H36N2O6. The lowest BCUT2D eigenvalue weighted by molar-refractivity contribution is 0.0567. The molecule has 5 aliphatic carbocycles. The number of carbonyl (C=O) groups excluding carboxylic acids is 2. The number of hydrogen-bond acceptors (Lipinski definition) is 6. The Morgan fingerprint density at radius 2 is 1.47 bits per heavy atom. The van der Waals surface area contributed by atoms with E-state index < -0.39 is 18.2 Å². The Kier molecular flexibility index (Phi) is 7.12. The molecule has 4 fully saturated rings. The minimum absolute atomic E-state index is 0.197. The monoisotopic (exact) mass is 496 g/mol. The second-order valence-electron chi connectivity index (χ2n) is 10.2. The van der Waals surface area contributed by atoms with Crippen LogP contribution in [0.5, 0.6) is 11.5 Å². The zero-order valence-electron chi connectivity index (χ0n) is 21.3. The number of methoxy groups -OCH3 is 1. The zero-order valence-corrected chi connectivity index (χ0v) is 21.3. The Bertz CT molecular complexity index is 1000. The molecule has 0 heterocycles. The van der Waals surface area contributed by atoms with Gasteiger partial charge in [0.15, 0.2) is 0 Å². The normalized spacial score (nSPS) is 29.8. The fraction of sp³-hybridized carbons (Fsp3) is 0.571. The molecule has 36 heavy (non-hydrogen) atoms. The molecule has 1 aromatic rings. The maximum atomic E-state index is 13.1. The van der Waals surface area contributed by atoms with Crippen molar-refractivity contribution in [2.24, 2.45) is 23.7 Å². The van der Waals surface area contributed by atoms with Gasteiger partial charge in [-0.3, -0.25) is 0 Å². The molecule has 8 heteroatoms. The number of benzene rings is 1. The first kappa shape index (κ1) is 24.5. The Hall–Kier alpha value is -3.16. The van der Waals surface area contributed by atoms with Crippen molar-refractivity contribution < 1.29 is 28.5 Å². The third-order valence-corrected chi connectivity index (χ3v) is 8.00. The van der Waals surface area contributed by atoms with Crippen LogP contribution in [0.2, 0.25) is 0 Å². The maximum absolute atomic E-state index is 13.1. The van der Waals surface area contributed by atoms with Crippen LogP contribution in [-0.2, 0) is 9.47 Å². The van der Waals surface area contributed by atoms with Crippen molar-refractivity contribution >= 4 is 12.2 Å². The number of amides is 2. The molecule has 2 amide bonds. The summed E-state index contributed by atoms with van der Waals surface area (Å²) in [5.74, 6) is 4.05. The van der Waals surface area contributed by atoms with Gasteiger partial charge >= 0.3 is 12.2 Å². The SMILES string of the molecule is CCOC(=O)NN(C(=O)OCC)[C@H]1C=C[C@@H](Oc2ccc(OC)cc2)C1=C1C2CC3CC(C2)CC1C3. The maximum Gasteiger partial charge on any atom is 0.429 e. The minimum Gasteiger partial charge on any atom is -0.497 e. The van der Waals surface area contributed by atoms with Crippen LogP contribution in [0, 0.1) is 23.7 Å². The first-order chi connectivity index (χ1) is 17.5. The van der Waals surface area contributed by atoms with E-state index in [1.54, 1.807) is 21.0 Å². The Labute approximate surface area is 212 Å². The van der Waals surface area contributed by atoms with E-state index in [4.69, 9.17) is 18.9 Å². The standard InChI is InChI=1S/C28H36N2O6/c1-4-34-27(31)29-30(28(32)35-5-2)23-10-11-24(36-22-8-6-21(33-3)7-9-22)26(23)25-19-13-17-12-18(15-19)16-20(25)14-17/h6-11,17-20,23-24H,4-5,12-16H2,1-3H3,(H,29,31)/t17?,18?,19?,20?,23-,24+/m0/s1. The summed E-state index contributed by atoms with van der Waals surface area (Å²) in [5.41, 5.74) is 5.09. The van der Waals surface area contributed by atoms with E-state index in [2.05, 4.69) is 5.43 Å². The molecule has 0 saturated heterocycles. The smallest absolute Gasteiger partial charge is 0.429 e. The summed E-state index contributed by atoms with van der Waals surface area (Å²) in [4.78, 5) is 25.5. The Balaban J connectivity index is 1.51. The molecule has 0 aliphatic heterocycles. The highest BCUT2D eigenvalue weighted by Crippen LogP contribution is 2.58. The van der Waals surface area contributed by atoms with Crippen molar-refractivity contribution in [1.82, 2.24) is 10.4 Å². The van der Waals surface area contributed by atoms with Crippen molar-refractivity contribution in [3.8, 4) is 11.5 Å². The van der Waals surface area contributed by atoms with E-state index in [0.29, 0.717) is 17.6 Å². The molecule has 194 valence electrons. The lowest BCUT2D eigenvalue weighted by atomic mass is 9.53. The van der Waals surface area contributed by atoms with Crippen LogP contribution in [0.4, 0.5) is 9.59 Å². The number of rotatable bonds is 6. The topological polar surface area (TPSA) is 86.3 Å². The summed E-state index contributed by atoms with van der Waals surface area (Å²) >= 11 is 0. The van der Waals surface area contributed by atoms with Gasteiger partial charge in [0.1, 0.15) is 23.6 Å². The number of nitrogens with one attached hydrogen (secondary N) is 1. The van der Waals surface area contributed by atoms with Gasteiger partial charge < -0.3 is 18.9 Å². The summed E-state index contributed by atoms with van der Waals surface area (Å²) in [5, 5.41) is 1.27. The molecule has 1 N–H and O–H groups in total. The predicted octanol–water partition coefficient (Wildman–Crippen LogP) is 5.25. The molecule has 8 nitrogen and oxygen atoms in total. The van der Waals surface area contributed by atoms with Crippen molar-refractivity contribution in [2.45, 2.75) is 58.1 Å². The van der Waals surface area contributed by atoms with E-state index in [9.17, 15) is 9.59 Å². The third-order valence-electron chi connectivity index (χ3n) is 8.00. The van der Waals surface area contributed by atoms with Crippen molar-refractivity contribution in [3.63, 3.8) is 0 Å². The van der Waals surface area contributed by atoms with Gasteiger partial charge in [-0.05, 0) is 100.0 Å². The number of nitrogens with zero attached hydrogens (tertiary/aromatic N) is 1. The molecule has 4 bridgehead atoms. The number of hydrogen-bond donors (Lipinski definition) is 1. The third kappa shape index (κ3) is 4.77. The van der Waals surface area contributed by atoms with Crippen LogP contribution in [0.1, 0.15) is 46.0 Å². The summed E-state index contributed by atoms with van der Waals surface area (Å²) in [6.45, 7) is 3.87. The van der Waals surface area contributed by atoms with Crippen LogP contribution in [-0.4, -0.2) is 49.7 Å². The summed E-state index contributed by atoms with van der Waals surface area (Å²) in [6, 6.07) is 7.01. The van der Waals surface area contributed by atoms with E-state index in [0.717, 1.165) is 23.2 Å². The van der Waals surface area contributed by atoms with Gasteiger partial charge in [-0.25, -0.2) is 20.0 Å². The molecule has 0 aromatic heterocycles. The number of hydrazine groups is 1. The quantitative estimate of drug-likeness (QED) is 0.427. The number of allylic oxidation sites excluding steroid dienone is 1. The van der Waals surface area contributed by atoms with Crippen molar-refractivity contribution in [1.29, 1.82) is 0 Å². The average molecular weight is 497 g/mol. The largest absolute Gasteiger partial charge is 0.497 e. The molecule has 5 aliphatic rings. The Morgan fingerprint density at radius 1 is 0.861 bits per heavy atom. The van der Waals surface area contributed by atoms with Gasteiger partial charge in [0.25, 0.3) is 0 Å². The van der Waals surface area contributed by atoms with Gasteiger partial charge in [-0.15, -0.1) is 0 Å². The van der Waals surface area contributed by atoms with Gasteiger partial charge in [0.05, 0.1) is 20.3 Å². The molecular weight excluding hydrogens is 460 g/mol. The summed E-state index contributed by atoms with van der Waals surface area (Å²) in [7, 11) is 1.63. The van der Waals surface area contributed by atoms with E-state index in [-0.39, 0.29) is 19.3 Å². The van der Waals surface area contributed by atoms with Crippen LogP contribution < -0.4 is 14.9 Å². The fourth-order valence-corrected chi connectivity index (χ4v) is 6.89. The highest BCUT2D eigenvalue weighted by molar-refractivity contribution is 5.75. The van der Waals surface area contributed by atoms with Crippen LogP contribution in [0.3, 0.4) is 0 Å². The molecule has 2 atom stereocenters. The fourth-order valence-electron chi connectivity index (χ4n) is 6.89. The molecule has 6 rings (SSSR count). The second kappa shape index (κ2) is 10.4.